The van der Waals surface area contributed by atoms with Gasteiger partial charge in [-0.3, -0.25) is 0 Å². The van der Waals surface area contributed by atoms with Crippen molar-refractivity contribution < 1.29 is 9.47 Å². The highest BCUT2D eigenvalue weighted by atomic mass is 16.5. The minimum absolute atomic E-state index is 0.760. The van der Waals surface area contributed by atoms with Crippen LogP contribution < -0.4 is 14.4 Å². The normalized spacial score (nSPS) is 14.5. The molecule has 0 saturated carbocycles. The number of benzene rings is 3. The number of hydrogen-bond donors (Lipinski definition) is 0. The Labute approximate surface area is 155 Å². The molecule has 4 rings (SSSR count). The van der Waals surface area contributed by atoms with Gasteiger partial charge in [0.2, 0.25) is 0 Å². The van der Waals surface area contributed by atoms with Gasteiger partial charge in [-0.1, -0.05) is 36.4 Å². The number of hydrogen-bond acceptors (Lipinski definition) is 3. The zero-order chi connectivity index (χ0) is 17.9. The van der Waals surface area contributed by atoms with Crippen molar-refractivity contribution in [2.45, 2.75) is 19.3 Å². The first-order valence-electron chi connectivity index (χ1n) is 9.31. The number of ether oxygens (including phenoxy) is 2. The van der Waals surface area contributed by atoms with Gasteiger partial charge < -0.3 is 14.4 Å². The van der Waals surface area contributed by atoms with Gasteiger partial charge in [0.1, 0.15) is 0 Å². The lowest BCUT2D eigenvalue weighted by Gasteiger charge is -2.31. The second kappa shape index (κ2) is 7.28. The third-order valence-electron chi connectivity index (χ3n) is 5.28. The van der Waals surface area contributed by atoms with Gasteiger partial charge >= 0.3 is 0 Å². The average Bonchev–Trinajstić information content (AvgIpc) is 2.73. The maximum Gasteiger partial charge on any atom is 0.161 e. The van der Waals surface area contributed by atoms with Crippen LogP contribution in [0.25, 0.3) is 21.9 Å². The second-order valence-corrected chi connectivity index (χ2v) is 6.80. The highest BCUT2D eigenvalue weighted by molar-refractivity contribution is 6.03. The first-order valence-corrected chi connectivity index (χ1v) is 9.31. The second-order valence-electron chi connectivity index (χ2n) is 6.80. The maximum atomic E-state index is 5.56. The van der Waals surface area contributed by atoms with E-state index in [4.69, 9.17) is 9.47 Å². The molecule has 134 valence electrons. The minimum atomic E-state index is 0.760. The summed E-state index contributed by atoms with van der Waals surface area (Å²) in [6.45, 7) is 2.25. The monoisotopic (exact) mass is 347 g/mol. The molecule has 0 N–H and O–H groups in total. The van der Waals surface area contributed by atoms with Crippen LogP contribution in [0.2, 0.25) is 0 Å². The molecule has 0 aliphatic carbocycles. The number of fused-ring (bicyclic) bond motifs is 1. The Morgan fingerprint density at radius 1 is 0.769 bits per heavy atom. The number of piperidine rings is 1. The molecule has 26 heavy (non-hydrogen) atoms. The van der Waals surface area contributed by atoms with E-state index in [0.717, 1.165) is 24.6 Å². The molecule has 0 spiro atoms. The summed E-state index contributed by atoms with van der Waals surface area (Å²) in [6, 6.07) is 19.4. The highest BCUT2D eigenvalue weighted by Crippen LogP contribution is 2.41. The van der Waals surface area contributed by atoms with Gasteiger partial charge in [0, 0.05) is 24.3 Å². The fourth-order valence-corrected chi connectivity index (χ4v) is 3.95. The van der Waals surface area contributed by atoms with Crippen LogP contribution in [-0.2, 0) is 0 Å². The fourth-order valence-electron chi connectivity index (χ4n) is 3.95. The van der Waals surface area contributed by atoms with Crippen LogP contribution >= 0.6 is 0 Å². The molecule has 0 amide bonds. The van der Waals surface area contributed by atoms with E-state index in [1.807, 2.05) is 6.07 Å². The standard InChI is InChI=1S/C23H25NO2/c1-25-21-13-11-18(16-22(21)26-2)23-19-9-5-4-8-17(19)10-12-20(23)24-14-6-3-7-15-24/h4-5,8-13,16H,3,6-7,14-15H2,1-2H3. The molecule has 0 aromatic heterocycles. The van der Waals surface area contributed by atoms with Crippen LogP contribution in [0.5, 0.6) is 11.5 Å². The van der Waals surface area contributed by atoms with Crippen LogP contribution in [0.3, 0.4) is 0 Å². The Morgan fingerprint density at radius 3 is 2.31 bits per heavy atom. The Kier molecular flexibility index (Phi) is 4.70. The van der Waals surface area contributed by atoms with Gasteiger partial charge in [0.05, 0.1) is 14.2 Å². The Bertz CT molecular complexity index is 913. The van der Waals surface area contributed by atoms with Gasteiger partial charge in [0.15, 0.2) is 11.5 Å². The van der Waals surface area contributed by atoms with Crippen molar-refractivity contribution >= 4 is 16.5 Å². The molecule has 1 aliphatic rings. The maximum absolute atomic E-state index is 5.56. The SMILES string of the molecule is COc1ccc(-c2c(N3CCCCC3)ccc3ccccc23)cc1OC. The Balaban J connectivity index is 1.94. The van der Waals surface area contributed by atoms with Crippen molar-refractivity contribution in [2.75, 3.05) is 32.2 Å². The molecule has 3 heteroatoms. The topological polar surface area (TPSA) is 21.7 Å². The van der Waals surface area contributed by atoms with Crippen LogP contribution in [-0.4, -0.2) is 27.3 Å². The van der Waals surface area contributed by atoms with Gasteiger partial charge in [-0.15, -0.1) is 0 Å². The average molecular weight is 347 g/mol. The quantitative estimate of drug-likeness (QED) is 0.621. The fraction of sp³-hybridized carbons (Fsp3) is 0.304. The minimum Gasteiger partial charge on any atom is -0.493 e. The molecule has 1 heterocycles. The van der Waals surface area contributed by atoms with Gasteiger partial charge in [-0.05, 0) is 53.8 Å². The van der Waals surface area contributed by atoms with Crippen molar-refractivity contribution in [3.63, 3.8) is 0 Å². The van der Waals surface area contributed by atoms with E-state index in [1.165, 1.54) is 46.8 Å². The van der Waals surface area contributed by atoms with E-state index in [9.17, 15) is 0 Å². The molecule has 0 radical (unpaired) electrons. The Morgan fingerprint density at radius 2 is 1.54 bits per heavy atom. The number of nitrogens with zero attached hydrogens (tertiary/aromatic N) is 1. The van der Waals surface area contributed by atoms with Crippen LogP contribution in [0.4, 0.5) is 5.69 Å². The van der Waals surface area contributed by atoms with Gasteiger partial charge in [-0.2, -0.15) is 0 Å². The number of rotatable bonds is 4. The first kappa shape index (κ1) is 16.8. The largest absolute Gasteiger partial charge is 0.493 e. The molecule has 3 nitrogen and oxygen atoms in total. The van der Waals surface area contributed by atoms with E-state index >= 15 is 0 Å². The molecule has 0 atom stereocenters. The molecule has 0 unspecified atom stereocenters. The third kappa shape index (κ3) is 2.98. The van der Waals surface area contributed by atoms with Crippen molar-refractivity contribution in [3.05, 3.63) is 54.6 Å². The number of methoxy groups -OCH3 is 2. The summed E-state index contributed by atoms with van der Waals surface area (Å²) in [4.78, 5) is 2.53. The van der Waals surface area contributed by atoms with E-state index in [2.05, 4.69) is 53.4 Å². The smallest absolute Gasteiger partial charge is 0.161 e. The number of anilines is 1. The molecule has 1 saturated heterocycles. The van der Waals surface area contributed by atoms with E-state index in [0.29, 0.717) is 0 Å². The van der Waals surface area contributed by atoms with E-state index in [-0.39, 0.29) is 0 Å². The molecule has 0 bridgehead atoms. The molecule has 1 aliphatic heterocycles. The van der Waals surface area contributed by atoms with Crippen molar-refractivity contribution in [2.24, 2.45) is 0 Å². The van der Waals surface area contributed by atoms with E-state index < -0.39 is 0 Å². The molecule has 3 aromatic carbocycles. The predicted molar refractivity (Wildman–Crippen MR) is 109 cm³/mol. The lowest BCUT2D eigenvalue weighted by Crippen LogP contribution is -2.29. The summed E-state index contributed by atoms with van der Waals surface area (Å²) < 4.78 is 11.0. The molecular weight excluding hydrogens is 322 g/mol. The lowest BCUT2D eigenvalue weighted by atomic mass is 9.94. The van der Waals surface area contributed by atoms with Crippen LogP contribution in [0.1, 0.15) is 19.3 Å². The third-order valence-corrected chi connectivity index (χ3v) is 5.28. The summed E-state index contributed by atoms with van der Waals surface area (Å²) >= 11 is 0. The zero-order valence-electron chi connectivity index (χ0n) is 15.5. The van der Waals surface area contributed by atoms with Crippen molar-refractivity contribution in [1.29, 1.82) is 0 Å². The summed E-state index contributed by atoms with van der Waals surface area (Å²) in [5, 5.41) is 2.54. The highest BCUT2D eigenvalue weighted by Gasteiger charge is 2.18. The molecule has 1 fully saturated rings. The van der Waals surface area contributed by atoms with Crippen LogP contribution in [0.15, 0.2) is 54.6 Å². The first-order chi connectivity index (χ1) is 12.8. The Hall–Kier alpha value is -2.68. The van der Waals surface area contributed by atoms with Crippen molar-refractivity contribution in [1.82, 2.24) is 0 Å². The molecular formula is C23H25NO2. The van der Waals surface area contributed by atoms with Gasteiger partial charge in [-0.25, -0.2) is 0 Å². The zero-order valence-corrected chi connectivity index (χ0v) is 15.5. The summed E-state index contributed by atoms with van der Waals surface area (Å²) in [7, 11) is 3.37. The van der Waals surface area contributed by atoms with Gasteiger partial charge in [0.25, 0.3) is 0 Å². The molecule has 3 aromatic rings. The predicted octanol–water partition coefficient (Wildman–Crippen LogP) is 5.51. The van der Waals surface area contributed by atoms with Crippen LogP contribution in [0, 0.1) is 0 Å². The summed E-state index contributed by atoms with van der Waals surface area (Å²) in [5.74, 6) is 1.53. The van der Waals surface area contributed by atoms with E-state index in [1.54, 1.807) is 14.2 Å². The lowest BCUT2D eigenvalue weighted by molar-refractivity contribution is 0.355. The summed E-state index contributed by atoms with van der Waals surface area (Å²) in [6.07, 6.45) is 3.85. The summed E-state index contributed by atoms with van der Waals surface area (Å²) in [5.41, 5.74) is 3.77. The van der Waals surface area contributed by atoms with Crippen molar-refractivity contribution in [3.8, 4) is 22.6 Å².